The second-order valence-corrected chi connectivity index (χ2v) is 17.6. The summed E-state index contributed by atoms with van der Waals surface area (Å²) >= 11 is 0. The van der Waals surface area contributed by atoms with Crippen LogP contribution in [0.4, 0.5) is 0 Å². The second-order valence-electron chi connectivity index (χ2n) is 17.6. The molecule has 2 aromatic heterocycles. The Labute approximate surface area is 389 Å². The minimum Gasteiger partial charge on any atom is -0.373 e. The van der Waals surface area contributed by atoms with Crippen LogP contribution < -0.4 is 21.3 Å². The van der Waals surface area contributed by atoms with E-state index in [4.69, 9.17) is 9.47 Å². The van der Waals surface area contributed by atoms with Crippen LogP contribution in [0.15, 0.2) is 73.3 Å². The first kappa shape index (κ1) is 49.9. The summed E-state index contributed by atoms with van der Waals surface area (Å²) in [6.45, 7) is 9.30. The van der Waals surface area contributed by atoms with E-state index in [1.807, 2.05) is 55.3 Å². The summed E-state index contributed by atoms with van der Waals surface area (Å²) in [5.41, 5.74) is 2.43. The Balaban J connectivity index is 1.07. The van der Waals surface area contributed by atoms with E-state index in [2.05, 4.69) is 65.9 Å². The van der Waals surface area contributed by atoms with Crippen molar-refractivity contribution in [2.24, 2.45) is 0 Å². The zero-order valence-corrected chi connectivity index (χ0v) is 39.5. The number of likely N-dealkylation sites (tertiary alicyclic amines) is 2. The summed E-state index contributed by atoms with van der Waals surface area (Å²) in [7, 11) is 3.38. The Hall–Kier alpha value is -5.56. The molecule has 66 heavy (non-hydrogen) atoms. The lowest BCUT2D eigenvalue weighted by atomic mass is 10.1. The maximum atomic E-state index is 14.5. The number of aromatic nitrogens is 6. The molecule has 4 amide bonds. The number of hydrogen-bond acceptors (Lipinski definition) is 12. The number of amides is 4. The molecule has 2 aliphatic heterocycles. The van der Waals surface area contributed by atoms with Crippen LogP contribution in [0.2, 0.25) is 0 Å². The van der Waals surface area contributed by atoms with Crippen LogP contribution >= 0.6 is 0 Å². The number of ether oxygens (including phenoxy) is 2. The Bertz CT molecular complexity index is 1990. The highest BCUT2D eigenvalue weighted by Crippen LogP contribution is 2.24. The van der Waals surface area contributed by atoms with Crippen molar-refractivity contribution in [3.8, 4) is 0 Å². The molecule has 358 valence electrons. The van der Waals surface area contributed by atoms with Crippen molar-refractivity contribution < 1.29 is 28.7 Å². The number of carbonyl (C=O) groups excluding carboxylic acids is 4. The molecule has 2 saturated heterocycles. The number of hydrogen-bond donors (Lipinski definition) is 4. The molecule has 4 aromatic rings. The Morgan fingerprint density at radius 2 is 1.00 bits per heavy atom. The van der Waals surface area contributed by atoms with Crippen molar-refractivity contribution in [1.29, 1.82) is 0 Å². The molecule has 0 bridgehead atoms. The SMILES string of the molecule is CN[C@@H](C)C(=O)N[C@H](C(=O)N1CCC[C@H]1Cn1cnnc1CCc1ccccc1)[C@@H](C)OCCO[C@H](C)[C@H](NC(=O)[C@H](C)NC)C(=O)N1CCC[C@H]1Cn1cnnc1CCc1ccccc1. The fourth-order valence-electron chi connectivity index (χ4n) is 8.73. The number of nitrogens with zero attached hydrogens (tertiary/aromatic N) is 8. The van der Waals surface area contributed by atoms with Gasteiger partial charge < -0.3 is 49.7 Å². The number of likely N-dealkylation sites (N-methyl/N-ethyl adjacent to an activating group) is 2. The molecule has 4 heterocycles. The first-order chi connectivity index (χ1) is 32.0. The molecule has 2 fully saturated rings. The van der Waals surface area contributed by atoms with Crippen LogP contribution in [0.3, 0.4) is 0 Å². The lowest BCUT2D eigenvalue weighted by Crippen LogP contribution is -2.58. The van der Waals surface area contributed by atoms with Gasteiger partial charge in [0.25, 0.3) is 0 Å². The highest BCUT2D eigenvalue weighted by atomic mass is 16.5. The van der Waals surface area contributed by atoms with E-state index in [0.717, 1.165) is 50.2 Å². The highest BCUT2D eigenvalue weighted by molar-refractivity contribution is 5.91. The van der Waals surface area contributed by atoms with Gasteiger partial charge in [-0.05, 0) is 91.4 Å². The van der Waals surface area contributed by atoms with Crippen molar-refractivity contribution in [1.82, 2.24) is 60.6 Å². The van der Waals surface area contributed by atoms with E-state index >= 15 is 0 Å². The van der Waals surface area contributed by atoms with Crippen molar-refractivity contribution >= 4 is 23.6 Å². The van der Waals surface area contributed by atoms with Crippen LogP contribution in [0.25, 0.3) is 0 Å². The van der Waals surface area contributed by atoms with Crippen LogP contribution in [0.1, 0.15) is 76.2 Å². The van der Waals surface area contributed by atoms with Crippen LogP contribution in [0.5, 0.6) is 0 Å². The third-order valence-corrected chi connectivity index (χ3v) is 13.1. The molecule has 2 aliphatic rings. The number of carbonyl (C=O) groups is 4. The fraction of sp³-hybridized carbons (Fsp3) is 0.583. The first-order valence-corrected chi connectivity index (χ1v) is 23.6. The average Bonchev–Trinajstić information content (AvgIpc) is 4.19. The number of aryl methyl sites for hydroxylation is 4. The largest absolute Gasteiger partial charge is 0.373 e. The zero-order chi connectivity index (χ0) is 47.0. The lowest BCUT2D eigenvalue weighted by Gasteiger charge is -2.33. The lowest BCUT2D eigenvalue weighted by molar-refractivity contribution is -0.144. The molecule has 0 saturated carbocycles. The molecule has 4 N–H and O–H groups in total. The van der Waals surface area contributed by atoms with Gasteiger partial charge in [0.05, 0.1) is 37.5 Å². The van der Waals surface area contributed by atoms with Gasteiger partial charge in [-0.15, -0.1) is 20.4 Å². The molecular formula is C48H70N12O6. The molecule has 18 heteroatoms. The van der Waals surface area contributed by atoms with Crippen LogP contribution in [-0.4, -0.2) is 152 Å². The molecule has 0 unspecified atom stereocenters. The summed E-state index contributed by atoms with van der Waals surface area (Å²) in [6.07, 6.45) is 8.32. The van der Waals surface area contributed by atoms with Gasteiger partial charge in [0.1, 0.15) is 36.4 Å². The van der Waals surface area contributed by atoms with E-state index in [1.54, 1.807) is 54.4 Å². The van der Waals surface area contributed by atoms with E-state index < -0.39 is 36.4 Å². The van der Waals surface area contributed by atoms with Gasteiger partial charge in [-0.25, -0.2) is 0 Å². The topological polar surface area (TPSA) is 203 Å². The number of rotatable bonds is 25. The molecule has 8 atom stereocenters. The zero-order valence-electron chi connectivity index (χ0n) is 39.5. The van der Waals surface area contributed by atoms with Gasteiger partial charge in [0, 0.05) is 51.1 Å². The summed E-state index contributed by atoms with van der Waals surface area (Å²) < 4.78 is 16.6. The van der Waals surface area contributed by atoms with Gasteiger partial charge >= 0.3 is 0 Å². The number of nitrogens with one attached hydrogen (secondary N) is 4. The van der Waals surface area contributed by atoms with Crippen molar-refractivity contribution in [2.45, 2.75) is 141 Å². The summed E-state index contributed by atoms with van der Waals surface area (Å²) in [5.74, 6) is 0.610. The monoisotopic (exact) mass is 911 g/mol. The summed E-state index contributed by atoms with van der Waals surface area (Å²) in [6, 6.07) is 17.2. The van der Waals surface area contributed by atoms with Gasteiger partial charge in [-0.3, -0.25) is 19.2 Å². The van der Waals surface area contributed by atoms with Crippen molar-refractivity contribution in [3.05, 3.63) is 96.1 Å². The summed E-state index contributed by atoms with van der Waals surface area (Å²) in [5, 5.41) is 29.0. The smallest absolute Gasteiger partial charge is 0.248 e. The molecule has 0 spiro atoms. The molecular weight excluding hydrogens is 841 g/mol. The molecule has 2 aromatic carbocycles. The predicted molar refractivity (Wildman–Crippen MR) is 249 cm³/mol. The number of benzene rings is 2. The van der Waals surface area contributed by atoms with Gasteiger partial charge in [0.2, 0.25) is 23.6 Å². The van der Waals surface area contributed by atoms with Crippen molar-refractivity contribution in [2.75, 3.05) is 40.4 Å². The van der Waals surface area contributed by atoms with Gasteiger partial charge in [0.15, 0.2) is 0 Å². The van der Waals surface area contributed by atoms with Gasteiger partial charge in [-0.2, -0.15) is 0 Å². The quantitative estimate of drug-likeness (QED) is 0.0708. The van der Waals surface area contributed by atoms with E-state index in [0.29, 0.717) is 39.0 Å². The van der Waals surface area contributed by atoms with Crippen LogP contribution in [0, 0.1) is 0 Å². The third kappa shape index (κ3) is 13.5. The van der Waals surface area contributed by atoms with E-state index in [1.165, 1.54) is 11.1 Å². The molecule has 0 radical (unpaired) electrons. The molecule has 18 nitrogen and oxygen atoms in total. The van der Waals surface area contributed by atoms with E-state index in [-0.39, 0.29) is 48.9 Å². The Kier molecular flexibility index (Phi) is 18.8. The normalized spacial score (nSPS) is 18.9. The molecule has 6 rings (SSSR count). The maximum absolute atomic E-state index is 14.5. The predicted octanol–water partition coefficient (Wildman–Crippen LogP) is 2.12. The van der Waals surface area contributed by atoms with E-state index in [9.17, 15) is 19.2 Å². The minimum absolute atomic E-state index is 0.0646. The minimum atomic E-state index is -0.974. The third-order valence-electron chi connectivity index (χ3n) is 13.1. The van der Waals surface area contributed by atoms with Gasteiger partial charge in [-0.1, -0.05) is 60.7 Å². The maximum Gasteiger partial charge on any atom is 0.248 e. The first-order valence-electron chi connectivity index (χ1n) is 23.6. The second kappa shape index (κ2) is 24.8. The molecule has 0 aliphatic carbocycles. The Morgan fingerprint density at radius 1 is 0.606 bits per heavy atom. The Morgan fingerprint density at radius 3 is 1.38 bits per heavy atom. The highest BCUT2D eigenvalue weighted by Gasteiger charge is 2.40. The van der Waals surface area contributed by atoms with Crippen LogP contribution in [-0.2, 0) is 67.4 Å². The average molecular weight is 911 g/mol. The van der Waals surface area contributed by atoms with Crippen molar-refractivity contribution in [3.63, 3.8) is 0 Å². The standard InChI is InChI=1S/C48H70N12O6/c1-33(49-5)45(61)53-43(47(63)59-25-13-19-39(59)29-57-31-51-55-41(57)23-21-37-15-9-7-10-16-37)35(3)65-27-28-66-36(4)44(54-46(62)34(2)50-6)48(64)60-26-14-20-40(60)30-58-32-52-56-42(58)24-22-38-17-11-8-12-18-38/h7-12,15-18,31-36,39-40,43-44,49-50H,13-14,19-30H2,1-6H3,(H,53,61)(H,54,62)/t33-,34-,35+,36+,39-,40-,43-,44-/m0/s1. The fourth-order valence-corrected chi connectivity index (χ4v) is 8.73. The summed E-state index contributed by atoms with van der Waals surface area (Å²) in [4.78, 5) is 59.2.